The first kappa shape index (κ1) is 8.25. The van der Waals surface area contributed by atoms with Gasteiger partial charge in [0.25, 0.3) is 0 Å². The highest BCUT2D eigenvalue weighted by molar-refractivity contribution is 7.13. The maximum absolute atomic E-state index is 5.14. The summed E-state index contributed by atoms with van der Waals surface area (Å²) < 4.78 is 5.14. The molecule has 0 aliphatic rings. The maximum atomic E-state index is 5.14. The van der Waals surface area contributed by atoms with E-state index in [0.717, 1.165) is 10.7 Å². The number of nitrogens with zero attached hydrogens (tertiary/aromatic N) is 2. The second-order valence-corrected chi connectivity index (χ2v) is 3.32. The Morgan fingerprint density at radius 2 is 2.54 bits per heavy atom. The van der Waals surface area contributed by atoms with Crippen molar-refractivity contribution < 1.29 is 4.74 Å². The highest BCUT2D eigenvalue weighted by Gasteiger charge is 2.05. The van der Waals surface area contributed by atoms with Crippen molar-refractivity contribution in [3.8, 4) is 16.7 Å². The molecule has 0 aliphatic carbocycles. The summed E-state index contributed by atoms with van der Waals surface area (Å²) in [5.41, 5.74) is 0. The fourth-order valence-electron chi connectivity index (χ4n) is 0.964. The topological polar surface area (TPSA) is 50.8 Å². The highest BCUT2D eigenvalue weighted by Crippen LogP contribution is 2.21. The number of hydrogen-bond acceptors (Lipinski definition) is 4. The molecule has 68 valence electrons. The second-order valence-electron chi connectivity index (χ2n) is 2.38. The van der Waals surface area contributed by atoms with Crippen LogP contribution in [0.5, 0.6) is 6.01 Å². The van der Waals surface area contributed by atoms with E-state index in [1.54, 1.807) is 11.3 Å². The van der Waals surface area contributed by atoms with E-state index in [-0.39, 0.29) is 0 Å². The maximum Gasteiger partial charge on any atom is 0.335 e. The molecule has 0 fully saturated rings. The highest BCUT2D eigenvalue weighted by atomic mass is 32.1. The number of aromatic amines is 1. The van der Waals surface area contributed by atoms with E-state index in [4.69, 9.17) is 4.74 Å². The SMILES string of the molecule is CCOc1n[nH]c(-c2cccs2)n1. The molecule has 0 aliphatic heterocycles. The molecular formula is C8H9N3OS. The quantitative estimate of drug-likeness (QED) is 0.814. The molecule has 2 aromatic heterocycles. The Labute approximate surface area is 79.6 Å². The minimum Gasteiger partial charge on any atom is -0.463 e. The van der Waals surface area contributed by atoms with Crippen LogP contribution in [0.25, 0.3) is 10.7 Å². The summed E-state index contributed by atoms with van der Waals surface area (Å²) in [7, 11) is 0. The summed E-state index contributed by atoms with van der Waals surface area (Å²) in [6, 6.07) is 4.37. The van der Waals surface area contributed by atoms with Gasteiger partial charge in [0, 0.05) is 0 Å². The van der Waals surface area contributed by atoms with Crippen molar-refractivity contribution in [3.63, 3.8) is 0 Å². The number of thiophene rings is 1. The largest absolute Gasteiger partial charge is 0.463 e. The van der Waals surface area contributed by atoms with Crippen molar-refractivity contribution in [1.29, 1.82) is 0 Å². The van der Waals surface area contributed by atoms with Crippen LogP contribution in [-0.2, 0) is 0 Å². The smallest absolute Gasteiger partial charge is 0.335 e. The zero-order valence-electron chi connectivity index (χ0n) is 7.15. The minimum atomic E-state index is 0.408. The molecule has 0 amide bonds. The lowest BCUT2D eigenvalue weighted by atomic mass is 10.4. The third-order valence-corrected chi connectivity index (χ3v) is 2.37. The zero-order chi connectivity index (χ0) is 9.10. The lowest BCUT2D eigenvalue weighted by Crippen LogP contribution is -1.92. The van der Waals surface area contributed by atoms with Gasteiger partial charge in [-0.05, 0) is 18.4 Å². The number of H-pyrrole nitrogens is 1. The molecule has 13 heavy (non-hydrogen) atoms. The van der Waals surface area contributed by atoms with Gasteiger partial charge in [-0.3, -0.25) is 5.10 Å². The van der Waals surface area contributed by atoms with E-state index in [0.29, 0.717) is 12.6 Å². The molecule has 2 aromatic rings. The summed E-state index contributed by atoms with van der Waals surface area (Å²) in [5.74, 6) is 0.762. The third-order valence-electron chi connectivity index (χ3n) is 1.49. The van der Waals surface area contributed by atoms with Crippen LogP contribution in [0.15, 0.2) is 17.5 Å². The van der Waals surface area contributed by atoms with Crippen LogP contribution >= 0.6 is 11.3 Å². The molecule has 0 unspecified atom stereocenters. The molecule has 4 nitrogen and oxygen atoms in total. The van der Waals surface area contributed by atoms with Gasteiger partial charge in [0.2, 0.25) is 0 Å². The molecule has 2 rings (SSSR count). The number of rotatable bonds is 3. The molecule has 0 aromatic carbocycles. The molecule has 2 heterocycles. The third kappa shape index (κ3) is 1.70. The summed E-state index contributed by atoms with van der Waals surface area (Å²) in [5, 5.41) is 8.73. The van der Waals surface area contributed by atoms with Crippen molar-refractivity contribution in [2.24, 2.45) is 0 Å². The Kier molecular flexibility index (Phi) is 2.27. The standard InChI is InChI=1S/C8H9N3OS/c1-2-12-8-9-7(10-11-8)6-4-3-5-13-6/h3-5H,2H2,1H3,(H,9,10,11). The van der Waals surface area contributed by atoms with E-state index in [1.807, 2.05) is 24.4 Å². The van der Waals surface area contributed by atoms with E-state index in [9.17, 15) is 0 Å². The van der Waals surface area contributed by atoms with E-state index in [2.05, 4.69) is 15.2 Å². The molecule has 1 N–H and O–H groups in total. The average Bonchev–Trinajstić information content (AvgIpc) is 2.70. The Hall–Kier alpha value is -1.36. The van der Waals surface area contributed by atoms with Crippen molar-refractivity contribution in [3.05, 3.63) is 17.5 Å². The molecule has 5 heteroatoms. The predicted octanol–water partition coefficient (Wildman–Crippen LogP) is 1.93. The fraction of sp³-hybridized carbons (Fsp3) is 0.250. The first-order valence-electron chi connectivity index (χ1n) is 3.99. The Morgan fingerprint density at radius 3 is 3.23 bits per heavy atom. The first-order chi connectivity index (χ1) is 6.40. The number of ether oxygens (including phenoxy) is 1. The molecule has 0 radical (unpaired) electrons. The molecule has 0 atom stereocenters. The summed E-state index contributed by atoms with van der Waals surface area (Å²) in [6.07, 6.45) is 0. The predicted molar refractivity (Wildman–Crippen MR) is 50.9 cm³/mol. The van der Waals surface area contributed by atoms with Gasteiger partial charge in [-0.25, -0.2) is 0 Å². The first-order valence-corrected chi connectivity index (χ1v) is 4.87. The van der Waals surface area contributed by atoms with E-state index in [1.165, 1.54) is 0 Å². The summed E-state index contributed by atoms with van der Waals surface area (Å²) in [4.78, 5) is 5.23. The minimum absolute atomic E-state index is 0.408. The van der Waals surface area contributed by atoms with Gasteiger partial charge in [-0.15, -0.1) is 16.4 Å². The van der Waals surface area contributed by atoms with Crippen molar-refractivity contribution >= 4 is 11.3 Å². The number of nitrogens with one attached hydrogen (secondary N) is 1. The van der Waals surface area contributed by atoms with Crippen LogP contribution in [0.3, 0.4) is 0 Å². The van der Waals surface area contributed by atoms with E-state index < -0.39 is 0 Å². The molecule has 0 spiro atoms. The number of hydrogen-bond donors (Lipinski definition) is 1. The molecular weight excluding hydrogens is 186 g/mol. The monoisotopic (exact) mass is 195 g/mol. The van der Waals surface area contributed by atoms with Crippen LogP contribution in [0.4, 0.5) is 0 Å². The lowest BCUT2D eigenvalue weighted by Gasteiger charge is -1.91. The fourth-order valence-corrected chi connectivity index (χ4v) is 1.63. The lowest BCUT2D eigenvalue weighted by molar-refractivity contribution is 0.314. The Balaban J connectivity index is 2.23. The average molecular weight is 195 g/mol. The van der Waals surface area contributed by atoms with E-state index >= 15 is 0 Å². The van der Waals surface area contributed by atoms with Gasteiger partial charge in [0.1, 0.15) is 0 Å². The van der Waals surface area contributed by atoms with Crippen molar-refractivity contribution in [1.82, 2.24) is 15.2 Å². The Bertz CT molecular complexity index is 368. The van der Waals surface area contributed by atoms with Gasteiger partial charge < -0.3 is 4.74 Å². The molecule has 0 saturated carbocycles. The second kappa shape index (κ2) is 3.57. The van der Waals surface area contributed by atoms with Gasteiger partial charge in [0.15, 0.2) is 5.82 Å². The van der Waals surface area contributed by atoms with Crippen molar-refractivity contribution in [2.75, 3.05) is 6.61 Å². The summed E-state index contributed by atoms with van der Waals surface area (Å²) >= 11 is 1.62. The molecule has 0 saturated heterocycles. The summed E-state index contributed by atoms with van der Waals surface area (Å²) in [6.45, 7) is 2.49. The van der Waals surface area contributed by atoms with Crippen LogP contribution < -0.4 is 4.74 Å². The van der Waals surface area contributed by atoms with Gasteiger partial charge in [-0.2, -0.15) is 4.98 Å². The Morgan fingerprint density at radius 1 is 1.62 bits per heavy atom. The normalized spacial score (nSPS) is 10.2. The van der Waals surface area contributed by atoms with Crippen LogP contribution in [0.2, 0.25) is 0 Å². The van der Waals surface area contributed by atoms with Gasteiger partial charge in [-0.1, -0.05) is 6.07 Å². The zero-order valence-corrected chi connectivity index (χ0v) is 7.97. The number of aromatic nitrogens is 3. The molecule has 0 bridgehead atoms. The van der Waals surface area contributed by atoms with Crippen LogP contribution in [-0.4, -0.2) is 21.8 Å². The van der Waals surface area contributed by atoms with Gasteiger partial charge >= 0.3 is 6.01 Å². The van der Waals surface area contributed by atoms with Crippen molar-refractivity contribution in [2.45, 2.75) is 6.92 Å². The van der Waals surface area contributed by atoms with Gasteiger partial charge in [0.05, 0.1) is 11.5 Å². The van der Waals surface area contributed by atoms with Crippen LogP contribution in [0.1, 0.15) is 6.92 Å². The van der Waals surface area contributed by atoms with Crippen LogP contribution in [0, 0.1) is 0 Å².